The molecule has 11 heavy (non-hydrogen) atoms. The molecule has 0 aromatic carbocycles. The Bertz CT molecular complexity index is 154. The third-order valence-corrected chi connectivity index (χ3v) is 1.05. The Morgan fingerprint density at radius 1 is 1.73 bits per heavy atom. The summed E-state index contributed by atoms with van der Waals surface area (Å²) in [4.78, 5) is 10.2. The van der Waals surface area contributed by atoms with Gasteiger partial charge in [0.2, 0.25) is 0 Å². The van der Waals surface area contributed by atoms with Crippen LogP contribution in [-0.2, 0) is 4.74 Å². The molecule has 0 radical (unpaired) electrons. The zero-order chi connectivity index (χ0) is 8.69. The number of ether oxygens (including phenoxy) is 1. The summed E-state index contributed by atoms with van der Waals surface area (Å²) in [6.45, 7) is 1.97. The molecule has 0 bridgehead atoms. The minimum Gasteiger partial charge on any atom is -0.503 e. The van der Waals surface area contributed by atoms with Gasteiger partial charge in [0.1, 0.15) is 6.26 Å². The molecule has 0 aliphatic heterocycles. The van der Waals surface area contributed by atoms with E-state index in [-0.39, 0.29) is 0 Å². The molecule has 0 aliphatic carbocycles. The average Bonchev–Trinajstić information content (AvgIpc) is 1.87. The Morgan fingerprint density at radius 2 is 2.36 bits per heavy atom. The molecule has 0 atom stereocenters. The smallest absolute Gasteiger partial charge is 0.408 e. The SMILES string of the molecule is CCC/C(=C/OC)NC(=O)O. The zero-order valence-electron chi connectivity index (χ0n) is 6.76. The summed E-state index contributed by atoms with van der Waals surface area (Å²) in [6.07, 6.45) is 1.91. The fraction of sp³-hybridized carbons (Fsp3) is 0.571. The van der Waals surface area contributed by atoms with E-state index in [0.29, 0.717) is 12.1 Å². The molecule has 0 spiro atoms. The Hall–Kier alpha value is -1.19. The standard InChI is InChI=1S/C7H13NO3/c1-3-4-6(5-11-2)8-7(9)10/h5,8H,3-4H2,1-2H3,(H,9,10)/b6-5-. The van der Waals surface area contributed by atoms with Gasteiger partial charge in [-0.2, -0.15) is 0 Å². The highest BCUT2D eigenvalue weighted by Gasteiger charge is 1.99. The maximum absolute atomic E-state index is 10.2. The number of hydrogen-bond acceptors (Lipinski definition) is 2. The first-order valence-electron chi connectivity index (χ1n) is 3.42. The molecule has 0 unspecified atom stereocenters. The topological polar surface area (TPSA) is 58.6 Å². The minimum atomic E-state index is -1.05. The molecule has 2 N–H and O–H groups in total. The predicted octanol–water partition coefficient (Wildman–Crippen LogP) is 1.54. The van der Waals surface area contributed by atoms with Gasteiger partial charge in [-0.05, 0) is 6.42 Å². The third kappa shape index (κ3) is 5.26. The van der Waals surface area contributed by atoms with Crippen LogP contribution < -0.4 is 5.32 Å². The minimum absolute atomic E-state index is 0.586. The molecule has 0 aromatic rings. The summed E-state index contributed by atoms with van der Waals surface area (Å²) in [7, 11) is 1.49. The maximum atomic E-state index is 10.2. The summed E-state index contributed by atoms with van der Waals surface area (Å²) in [5, 5.41) is 10.6. The van der Waals surface area contributed by atoms with Crippen molar-refractivity contribution in [3.8, 4) is 0 Å². The number of nitrogens with one attached hydrogen (secondary N) is 1. The number of methoxy groups -OCH3 is 1. The third-order valence-electron chi connectivity index (χ3n) is 1.05. The monoisotopic (exact) mass is 159 g/mol. The predicted molar refractivity (Wildman–Crippen MR) is 41.2 cm³/mol. The lowest BCUT2D eigenvalue weighted by molar-refractivity contribution is 0.196. The Morgan fingerprint density at radius 3 is 2.73 bits per heavy atom. The number of hydrogen-bond donors (Lipinski definition) is 2. The highest BCUT2D eigenvalue weighted by Crippen LogP contribution is 1.99. The van der Waals surface area contributed by atoms with E-state index in [2.05, 4.69) is 10.1 Å². The molecule has 0 rings (SSSR count). The number of rotatable bonds is 4. The molecule has 0 fully saturated rings. The summed E-state index contributed by atoms with van der Waals surface area (Å²) in [5.74, 6) is 0. The van der Waals surface area contributed by atoms with E-state index in [1.54, 1.807) is 0 Å². The van der Waals surface area contributed by atoms with Crippen molar-refractivity contribution in [2.75, 3.05) is 7.11 Å². The molecule has 4 heteroatoms. The molecule has 0 aromatic heterocycles. The molecular weight excluding hydrogens is 146 g/mol. The van der Waals surface area contributed by atoms with Gasteiger partial charge in [0.15, 0.2) is 0 Å². The second kappa shape index (κ2) is 5.58. The second-order valence-electron chi connectivity index (χ2n) is 2.06. The first-order valence-corrected chi connectivity index (χ1v) is 3.42. The van der Waals surface area contributed by atoms with Crippen molar-refractivity contribution in [1.82, 2.24) is 5.32 Å². The number of allylic oxidation sites excluding steroid dienone is 1. The summed E-state index contributed by atoms with van der Waals surface area (Å²) in [6, 6.07) is 0. The lowest BCUT2D eigenvalue weighted by Crippen LogP contribution is -2.20. The van der Waals surface area contributed by atoms with E-state index < -0.39 is 6.09 Å². The largest absolute Gasteiger partial charge is 0.503 e. The van der Waals surface area contributed by atoms with Gasteiger partial charge in [0.25, 0.3) is 0 Å². The highest BCUT2D eigenvalue weighted by molar-refractivity contribution is 5.66. The molecule has 64 valence electrons. The zero-order valence-corrected chi connectivity index (χ0v) is 6.76. The Labute approximate surface area is 65.9 Å². The van der Waals surface area contributed by atoms with Gasteiger partial charge >= 0.3 is 6.09 Å². The molecule has 0 heterocycles. The van der Waals surface area contributed by atoms with Crippen LogP contribution in [0.25, 0.3) is 0 Å². The molecule has 0 aliphatic rings. The molecule has 0 saturated carbocycles. The fourth-order valence-corrected chi connectivity index (χ4v) is 0.700. The van der Waals surface area contributed by atoms with Crippen LogP contribution in [0.3, 0.4) is 0 Å². The fourth-order valence-electron chi connectivity index (χ4n) is 0.700. The molecule has 4 nitrogen and oxygen atoms in total. The summed E-state index contributed by atoms with van der Waals surface area (Å²) < 4.78 is 4.67. The van der Waals surface area contributed by atoms with E-state index in [1.165, 1.54) is 13.4 Å². The van der Waals surface area contributed by atoms with Crippen LogP contribution in [0, 0.1) is 0 Å². The van der Waals surface area contributed by atoms with Gasteiger partial charge in [-0.15, -0.1) is 0 Å². The van der Waals surface area contributed by atoms with Crippen LogP contribution in [0.15, 0.2) is 12.0 Å². The van der Waals surface area contributed by atoms with Crippen LogP contribution in [-0.4, -0.2) is 18.3 Å². The summed E-state index contributed by atoms with van der Waals surface area (Å²) in [5.41, 5.74) is 0.586. The normalized spacial score (nSPS) is 10.9. The van der Waals surface area contributed by atoms with Crippen molar-refractivity contribution < 1.29 is 14.6 Å². The van der Waals surface area contributed by atoms with Gasteiger partial charge < -0.3 is 9.84 Å². The number of amides is 1. The van der Waals surface area contributed by atoms with E-state index in [1.807, 2.05) is 6.92 Å². The van der Waals surface area contributed by atoms with Gasteiger partial charge in [-0.1, -0.05) is 13.3 Å². The molecule has 1 amide bonds. The van der Waals surface area contributed by atoms with Crippen molar-refractivity contribution in [1.29, 1.82) is 0 Å². The van der Waals surface area contributed by atoms with Crippen molar-refractivity contribution in [2.24, 2.45) is 0 Å². The van der Waals surface area contributed by atoms with Crippen molar-refractivity contribution in [2.45, 2.75) is 19.8 Å². The maximum Gasteiger partial charge on any atom is 0.408 e. The van der Waals surface area contributed by atoms with E-state index in [0.717, 1.165) is 6.42 Å². The van der Waals surface area contributed by atoms with Gasteiger partial charge in [0, 0.05) is 0 Å². The number of carboxylic acid groups (broad SMARTS) is 1. The lowest BCUT2D eigenvalue weighted by atomic mass is 10.3. The summed E-state index contributed by atoms with van der Waals surface area (Å²) >= 11 is 0. The van der Waals surface area contributed by atoms with Crippen LogP contribution >= 0.6 is 0 Å². The van der Waals surface area contributed by atoms with Crippen LogP contribution in [0.4, 0.5) is 4.79 Å². The van der Waals surface area contributed by atoms with Crippen LogP contribution in [0.1, 0.15) is 19.8 Å². The van der Waals surface area contributed by atoms with Crippen molar-refractivity contribution in [3.63, 3.8) is 0 Å². The molecule has 0 saturated heterocycles. The van der Waals surface area contributed by atoms with Crippen molar-refractivity contribution >= 4 is 6.09 Å². The van der Waals surface area contributed by atoms with Crippen LogP contribution in [0.5, 0.6) is 0 Å². The Kier molecular flexibility index (Phi) is 4.98. The van der Waals surface area contributed by atoms with Crippen LogP contribution in [0.2, 0.25) is 0 Å². The van der Waals surface area contributed by atoms with E-state index >= 15 is 0 Å². The van der Waals surface area contributed by atoms with Gasteiger partial charge in [-0.25, -0.2) is 4.79 Å². The number of carbonyl (C=O) groups is 1. The van der Waals surface area contributed by atoms with Gasteiger partial charge in [-0.3, -0.25) is 5.32 Å². The quantitative estimate of drug-likeness (QED) is 0.612. The highest BCUT2D eigenvalue weighted by atomic mass is 16.5. The second-order valence-corrected chi connectivity index (χ2v) is 2.06. The lowest BCUT2D eigenvalue weighted by Gasteiger charge is -2.03. The first kappa shape index (κ1) is 9.81. The average molecular weight is 159 g/mol. The van der Waals surface area contributed by atoms with E-state index in [9.17, 15) is 4.79 Å². The van der Waals surface area contributed by atoms with Crippen molar-refractivity contribution in [3.05, 3.63) is 12.0 Å². The van der Waals surface area contributed by atoms with Gasteiger partial charge in [0.05, 0.1) is 12.8 Å². The molecular formula is C7H13NO3. The first-order chi connectivity index (χ1) is 5.20. The Balaban J connectivity index is 3.89. The van der Waals surface area contributed by atoms with E-state index in [4.69, 9.17) is 5.11 Å².